The maximum absolute atomic E-state index is 12.5. The van der Waals surface area contributed by atoms with Crippen LogP contribution in [0.25, 0.3) is 0 Å². The molecule has 0 radical (unpaired) electrons. The van der Waals surface area contributed by atoms with Crippen LogP contribution in [0.1, 0.15) is 33.6 Å². The number of urea groups is 1. The van der Waals surface area contributed by atoms with E-state index in [1.807, 2.05) is 43.1 Å². The van der Waals surface area contributed by atoms with Crippen LogP contribution < -0.4 is 10.1 Å². The standard InChI is InChI=1S/C18H29N3O2/c1-5-21-12-11-16(13-14(21)3)20(4)18(22)19-15-7-9-17(10-8-15)23-6-2/h7-10,14,16H,5-6,11-13H2,1-4H3,(H,19,22)/t14-,16-/m1/s1. The van der Waals surface area contributed by atoms with Gasteiger partial charge in [-0.15, -0.1) is 0 Å². The summed E-state index contributed by atoms with van der Waals surface area (Å²) in [6.45, 7) is 9.17. The fraction of sp³-hybridized carbons (Fsp3) is 0.611. The van der Waals surface area contributed by atoms with Crippen LogP contribution in [0.4, 0.5) is 10.5 Å². The molecule has 0 saturated carbocycles. The van der Waals surface area contributed by atoms with Crippen molar-refractivity contribution in [1.82, 2.24) is 9.80 Å². The summed E-state index contributed by atoms with van der Waals surface area (Å²) in [5, 5.41) is 2.97. The van der Waals surface area contributed by atoms with E-state index in [-0.39, 0.29) is 6.03 Å². The van der Waals surface area contributed by atoms with Gasteiger partial charge in [-0.05, 0) is 57.5 Å². The Morgan fingerprint density at radius 2 is 2.04 bits per heavy atom. The topological polar surface area (TPSA) is 44.8 Å². The molecular formula is C18H29N3O2. The van der Waals surface area contributed by atoms with E-state index in [9.17, 15) is 4.79 Å². The van der Waals surface area contributed by atoms with Gasteiger partial charge in [0.1, 0.15) is 5.75 Å². The normalized spacial score (nSPS) is 21.7. The van der Waals surface area contributed by atoms with E-state index in [4.69, 9.17) is 4.74 Å². The monoisotopic (exact) mass is 319 g/mol. The molecule has 1 N–H and O–H groups in total. The first-order valence-corrected chi connectivity index (χ1v) is 8.55. The van der Waals surface area contributed by atoms with Crippen LogP contribution >= 0.6 is 0 Å². The summed E-state index contributed by atoms with van der Waals surface area (Å²) in [5.41, 5.74) is 0.796. The number of amides is 2. The van der Waals surface area contributed by atoms with E-state index >= 15 is 0 Å². The molecule has 1 aromatic carbocycles. The number of benzene rings is 1. The first-order valence-electron chi connectivity index (χ1n) is 8.55. The predicted octanol–water partition coefficient (Wildman–Crippen LogP) is 3.42. The molecule has 0 aliphatic carbocycles. The number of nitrogens with one attached hydrogen (secondary N) is 1. The highest BCUT2D eigenvalue weighted by Crippen LogP contribution is 2.22. The van der Waals surface area contributed by atoms with Gasteiger partial charge < -0.3 is 19.9 Å². The van der Waals surface area contributed by atoms with E-state index in [1.54, 1.807) is 0 Å². The molecule has 1 fully saturated rings. The van der Waals surface area contributed by atoms with Gasteiger partial charge in [-0.2, -0.15) is 0 Å². The number of nitrogens with zero attached hydrogens (tertiary/aromatic N) is 2. The van der Waals surface area contributed by atoms with Gasteiger partial charge in [-0.3, -0.25) is 0 Å². The molecule has 2 amide bonds. The second-order valence-corrected chi connectivity index (χ2v) is 6.15. The molecule has 1 aliphatic heterocycles. The average molecular weight is 319 g/mol. The predicted molar refractivity (Wildman–Crippen MR) is 94.1 cm³/mol. The summed E-state index contributed by atoms with van der Waals surface area (Å²) >= 11 is 0. The molecule has 5 nitrogen and oxygen atoms in total. The minimum absolute atomic E-state index is 0.0451. The van der Waals surface area contributed by atoms with Crippen LogP contribution in [0.3, 0.4) is 0 Å². The van der Waals surface area contributed by atoms with Crippen molar-refractivity contribution in [2.45, 2.75) is 45.7 Å². The van der Waals surface area contributed by atoms with E-state index in [1.165, 1.54) is 0 Å². The lowest BCUT2D eigenvalue weighted by atomic mass is 9.97. The third kappa shape index (κ3) is 4.61. The van der Waals surface area contributed by atoms with E-state index in [0.29, 0.717) is 18.7 Å². The van der Waals surface area contributed by atoms with Gasteiger partial charge in [0, 0.05) is 31.4 Å². The van der Waals surface area contributed by atoms with Crippen LogP contribution in [-0.4, -0.2) is 54.7 Å². The van der Waals surface area contributed by atoms with Gasteiger partial charge in [-0.1, -0.05) is 6.92 Å². The molecule has 0 bridgehead atoms. The number of carbonyl (C=O) groups excluding carboxylic acids is 1. The lowest BCUT2D eigenvalue weighted by Gasteiger charge is -2.40. The number of hydrogen-bond acceptors (Lipinski definition) is 3. The molecule has 5 heteroatoms. The van der Waals surface area contributed by atoms with Gasteiger partial charge in [0.25, 0.3) is 0 Å². The highest BCUT2D eigenvalue weighted by Gasteiger charge is 2.29. The fourth-order valence-corrected chi connectivity index (χ4v) is 3.20. The van der Waals surface area contributed by atoms with Crippen molar-refractivity contribution in [1.29, 1.82) is 0 Å². The van der Waals surface area contributed by atoms with Gasteiger partial charge >= 0.3 is 6.03 Å². The van der Waals surface area contributed by atoms with Gasteiger partial charge in [0.2, 0.25) is 0 Å². The van der Waals surface area contributed by atoms with Crippen molar-refractivity contribution in [3.63, 3.8) is 0 Å². The van der Waals surface area contributed by atoms with Crippen LogP contribution in [0, 0.1) is 0 Å². The van der Waals surface area contributed by atoms with Crippen molar-refractivity contribution in [3.05, 3.63) is 24.3 Å². The molecule has 23 heavy (non-hydrogen) atoms. The van der Waals surface area contributed by atoms with Gasteiger partial charge in [0.05, 0.1) is 6.61 Å². The zero-order valence-electron chi connectivity index (χ0n) is 14.7. The molecule has 0 spiro atoms. The number of anilines is 1. The molecule has 1 aromatic rings. The SMILES string of the molecule is CCOc1ccc(NC(=O)N(C)[C@@H]2CCN(CC)[C@H](C)C2)cc1. The van der Waals surface area contributed by atoms with Crippen molar-refractivity contribution >= 4 is 11.7 Å². The Balaban J connectivity index is 1.89. The number of hydrogen-bond donors (Lipinski definition) is 1. The molecule has 0 unspecified atom stereocenters. The third-order valence-corrected chi connectivity index (χ3v) is 4.68. The lowest BCUT2D eigenvalue weighted by molar-refractivity contribution is 0.104. The van der Waals surface area contributed by atoms with Crippen LogP contribution in [0.15, 0.2) is 24.3 Å². The molecule has 128 valence electrons. The zero-order chi connectivity index (χ0) is 16.8. The largest absolute Gasteiger partial charge is 0.494 e. The highest BCUT2D eigenvalue weighted by molar-refractivity contribution is 5.89. The smallest absolute Gasteiger partial charge is 0.321 e. The number of ether oxygens (including phenoxy) is 1. The van der Waals surface area contributed by atoms with Crippen molar-refractivity contribution in [2.75, 3.05) is 32.1 Å². The van der Waals surface area contributed by atoms with Crippen molar-refractivity contribution in [3.8, 4) is 5.75 Å². The quantitative estimate of drug-likeness (QED) is 0.904. The molecule has 0 aromatic heterocycles. The minimum atomic E-state index is -0.0451. The van der Waals surface area contributed by atoms with Crippen LogP contribution in [-0.2, 0) is 0 Å². The van der Waals surface area contributed by atoms with Crippen LogP contribution in [0.5, 0.6) is 5.75 Å². The van der Waals surface area contributed by atoms with E-state index in [2.05, 4.69) is 24.1 Å². The molecule has 2 atom stereocenters. The number of rotatable bonds is 5. The first kappa shape index (κ1) is 17.6. The molecule has 1 aliphatic rings. The Kier molecular flexibility index (Phi) is 6.28. The van der Waals surface area contributed by atoms with Crippen molar-refractivity contribution in [2.24, 2.45) is 0 Å². The van der Waals surface area contributed by atoms with Crippen LogP contribution in [0.2, 0.25) is 0 Å². The fourth-order valence-electron chi connectivity index (χ4n) is 3.20. The lowest BCUT2D eigenvalue weighted by Crippen LogP contribution is -2.50. The zero-order valence-corrected chi connectivity index (χ0v) is 14.7. The summed E-state index contributed by atoms with van der Waals surface area (Å²) in [4.78, 5) is 16.8. The Bertz CT molecular complexity index is 503. The van der Waals surface area contributed by atoms with Gasteiger partial charge in [0.15, 0.2) is 0 Å². The molecule has 1 saturated heterocycles. The third-order valence-electron chi connectivity index (χ3n) is 4.68. The van der Waals surface area contributed by atoms with E-state index < -0.39 is 0 Å². The Morgan fingerprint density at radius 1 is 1.35 bits per heavy atom. The Hall–Kier alpha value is -1.75. The second kappa shape index (κ2) is 8.20. The van der Waals surface area contributed by atoms with Gasteiger partial charge in [-0.25, -0.2) is 4.79 Å². The second-order valence-electron chi connectivity index (χ2n) is 6.15. The molecule has 2 rings (SSSR count). The maximum Gasteiger partial charge on any atom is 0.321 e. The summed E-state index contributed by atoms with van der Waals surface area (Å²) in [7, 11) is 1.89. The minimum Gasteiger partial charge on any atom is -0.494 e. The highest BCUT2D eigenvalue weighted by atomic mass is 16.5. The summed E-state index contributed by atoms with van der Waals surface area (Å²) in [6.07, 6.45) is 2.06. The van der Waals surface area contributed by atoms with E-state index in [0.717, 1.165) is 37.4 Å². The summed E-state index contributed by atoms with van der Waals surface area (Å²) in [6, 6.07) is 8.28. The molecular weight excluding hydrogens is 290 g/mol. The number of piperidine rings is 1. The maximum atomic E-state index is 12.5. The molecule has 1 heterocycles. The first-order chi connectivity index (χ1) is 11.0. The van der Waals surface area contributed by atoms with Crippen molar-refractivity contribution < 1.29 is 9.53 Å². The number of likely N-dealkylation sites (tertiary alicyclic amines) is 1. The average Bonchev–Trinajstić information content (AvgIpc) is 2.56. The Labute approximate surface area is 139 Å². The number of carbonyl (C=O) groups is 1. The summed E-state index contributed by atoms with van der Waals surface area (Å²) in [5.74, 6) is 0.819. The Morgan fingerprint density at radius 3 is 2.61 bits per heavy atom. The summed E-state index contributed by atoms with van der Waals surface area (Å²) < 4.78 is 5.41.